The van der Waals surface area contributed by atoms with Crippen LogP contribution in [0.4, 0.5) is 0 Å². The van der Waals surface area contributed by atoms with Gasteiger partial charge in [-0.05, 0) is 20.3 Å². The number of aliphatic hydroxyl groups is 2. The van der Waals surface area contributed by atoms with Crippen molar-refractivity contribution in [2.45, 2.75) is 97.5 Å². The molecule has 0 saturated carbocycles. The molecule has 0 aliphatic carbocycles. The largest absolute Gasteiger partial charge is 0.395 e. The van der Waals surface area contributed by atoms with Gasteiger partial charge in [0.2, 0.25) is 0 Å². The second kappa shape index (κ2) is 15.7. The van der Waals surface area contributed by atoms with Crippen LogP contribution in [-0.4, -0.2) is 47.3 Å². The Hall–Kier alpha value is -0.160. The van der Waals surface area contributed by atoms with E-state index in [1.807, 2.05) is 6.92 Å². The van der Waals surface area contributed by atoms with Crippen molar-refractivity contribution in [3.63, 3.8) is 0 Å². The first kappa shape index (κ1) is 21.8. The maximum Gasteiger partial charge on any atom is 0.153 e. The monoisotopic (exact) mass is 317 g/mol. The van der Waals surface area contributed by atoms with E-state index in [1.54, 1.807) is 6.92 Å². The maximum atomic E-state index is 9.27. The number of nitrogens with zero attached hydrogens (tertiary/aromatic N) is 1. The van der Waals surface area contributed by atoms with Gasteiger partial charge in [0.05, 0.1) is 6.61 Å². The molecule has 0 amide bonds. The third-order valence-corrected chi connectivity index (χ3v) is 4.09. The summed E-state index contributed by atoms with van der Waals surface area (Å²) in [5.74, 6) is 0. The predicted molar refractivity (Wildman–Crippen MR) is 92.7 cm³/mol. The van der Waals surface area contributed by atoms with Crippen molar-refractivity contribution in [2.24, 2.45) is 0 Å². The minimum Gasteiger partial charge on any atom is -0.395 e. The summed E-state index contributed by atoms with van der Waals surface area (Å²) in [6.45, 7) is 7.46. The maximum absolute atomic E-state index is 9.27. The van der Waals surface area contributed by atoms with E-state index in [0.717, 1.165) is 13.0 Å². The minimum absolute atomic E-state index is 0.130. The zero-order valence-electron chi connectivity index (χ0n) is 15.1. The van der Waals surface area contributed by atoms with Crippen LogP contribution < -0.4 is 0 Å². The molecular formula is C18H39NO3. The summed E-state index contributed by atoms with van der Waals surface area (Å²) in [7, 11) is 0. The van der Waals surface area contributed by atoms with Crippen LogP contribution >= 0.6 is 0 Å². The van der Waals surface area contributed by atoms with Crippen LogP contribution in [0.3, 0.4) is 0 Å². The molecule has 0 rings (SSSR count). The highest BCUT2D eigenvalue weighted by molar-refractivity contribution is 4.60. The van der Waals surface area contributed by atoms with Crippen molar-refractivity contribution in [1.29, 1.82) is 0 Å². The Bertz CT molecular complexity index is 224. The Morgan fingerprint density at radius 3 is 1.77 bits per heavy atom. The highest BCUT2D eigenvalue weighted by atomic mass is 16.6. The summed E-state index contributed by atoms with van der Waals surface area (Å²) in [6, 6.07) is 0. The highest BCUT2D eigenvalue weighted by Crippen LogP contribution is 2.12. The van der Waals surface area contributed by atoms with Gasteiger partial charge < -0.3 is 14.9 Å². The van der Waals surface area contributed by atoms with Gasteiger partial charge in [-0.3, -0.25) is 4.90 Å². The summed E-state index contributed by atoms with van der Waals surface area (Å²) in [4.78, 5) is 2.09. The minimum atomic E-state index is -0.760. The van der Waals surface area contributed by atoms with Crippen LogP contribution in [0.15, 0.2) is 0 Å². The van der Waals surface area contributed by atoms with Gasteiger partial charge in [0.15, 0.2) is 6.29 Å². The van der Waals surface area contributed by atoms with Crippen LogP contribution in [0.1, 0.15) is 85.0 Å². The van der Waals surface area contributed by atoms with Crippen molar-refractivity contribution in [1.82, 2.24) is 4.90 Å². The van der Waals surface area contributed by atoms with E-state index in [2.05, 4.69) is 11.8 Å². The average molecular weight is 318 g/mol. The normalized spacial score (nSPS) is 14.5. The third kappa shape index (κ3) is 13.5. The summed E-state index contributed by atoms with van der Waals surface area (Å²) in [6.07, 6.45) is 12.3. The molecule has 22 heavy (non-hydrogen) atoms. The quantitative estimate of drug-likeness (QED) is 0.335. The highest BCUT2D eigenvalue weighted by Gasteiger charge is 2.14. The van der Waals surface area contributed by atoms with E-state index in [1.165, 1.54) is 57.8 Å². The molecule has 4 heteroatoms. The van der Waals surface area contributed by atoms with Gasteiger partial charge in [-0.1, -0.05) is 64.7 Å². The van der Waals surface area contributed by atoms with Crippen LogP contribution in [0.5, 0.6) is 0 Å². The second-order valence-electron chi connectivity index (χ2n) is 6.28. The summed E-state index contributed by atoms with van der Waals surface area (Å²) >= 11 is 0. The molecule has 0 aromatic carbocycles. The Labute approximate surface area is 137 Å². The zero-order valence-corrected chi connectivity index (χ0v) is 15.1. The van der Waals surface area contributed by atoms with Crippen molar-refractivity contribution < 1.29 is 14.9 Å². The molecule has 0 fully saturated rings. The van der Waals surface area contributed by atoms with Crippen molar-refractivity contribution in [2.75, 3.05) is 19.7 Å². The number of rotatable bonds is 16. The standard InChI is InChI=1S/C18H39NO3/c1-4-5-6-7-8-9-10-11-12-13-14-19(15-16-20)17(2)22-18(3)21/h17-18,20-21H,4-16H2,1-3H3. The van der Waals surface area contributed by atoms with E-state index in [0.29, 0.717) is 6.54 Å². The predicted octanol–water partition coefficient (Wildman–Crippen LogP) is 3.90. The summed E-state index contributed by atoms with van der Waals surface area (Å²) in [5, 5.41) is 18.4. The molecule has 4 nitrogen and oxygen atoms in total. The van der Waals surface area contributed by atoms with Gasteiger partial charge in [0.25, 0.3) is 0 Å². The first-order valence-corrected chi connectivity index (χ1v) is 9.30. The van der Waals surface area contributed by atoms with E-state index in [9.17, 15) is 5.11 Å². The molecule has 2 atom stereocenters. The van der Waals surface area contributed by atoms with Crippen molar-refractivity contribution in [3.05, 3.63) is 0 Å². The summed E-state index contributed by atoms with van der Waals surface area (Å²) < 4.78 is 5.38. The molecular weight excluding hydrogens is 278 g/mol. The van der Waals surface area contributed by atoms with Gasteiger partial charge in [0.1, 0.15) is 6.23 Å². The number of aliphatic hydroxyl groups excluding tert-OH is 2. The number of ether oxygens (including phenoxy) is 1. The van der Waals surface area contributed by atoms with E-state index in [4.69, 9.17) is 9.84 Å². The Balaban J connectivity index is 3.55. The molecule has 0 radical (unpaired) electrons. The van der Waals surface area contributed by atoms with Crippen LogP contribution in [0.25, 0.3) is 0 Å². The second-order valence-corrected chi connectivity index (χ2v) is 6.28. The van der Waals surface area contributed by atoms with Crippen LogP contribution in [0, 0.1) is 0 Å². The molecule has 0 spiro atoms. The Morgan fingerprint density at radius 1 is 0.818 bits per heavy atom. The molecule has 0 aromatic rings. The van der Waals surface area contributed by atoms with Gasteiger partial charge in [0, 0.05) is 13.1 Å². The number of hydrogen-bond acceptors (Lipinski definition) is 4. The SMILES string of the molecule is CCCCCCCCCCCCN(CCO)C(C)OC(C)O. The van der Waals surface area contributed by atoms with E-state index >= 15 is 0 Å². The topological polar surface area (TPSA) is 52.9 Å². The molecule has 2 unspecified atom stereocenters. The molecule has 0 aliphatic rings. The molecule has 0 saturated heterocycles. The van der Waals surface area contributed by atoms with E-state index in [-0.39, 0.29) is 12.8 Å². The van der Waals surface area contributed by atoms with Gasteiger partial charge in [-0.2, -0.15) is 0 Å². The molecule has 0 bridgehead atoms. The lowest BCUT2D eigenvalue weighted by Gasteiger charge is -2.29. The molecule has 134 valence electrons. The van der Waals surface area contributed by atoms with Gasteiger partial charge in [-0.15, -0.1) is 0 Å². The lowest BCUT2D eigenvalue weighted by Crippen LogP contribution is -2.39. The summed E-state index contributed by atoms with van der Waals surface area (Å²) in [5.41, 5.74) is 0. The molecule has 0 heterocycles. The fourth-order valence-corrected chi connectivity index (χ4v) is 2.78. The fraction of sp³-hybridized carbons (Fsp3) is 1.00. The Morgan fingerprint density at radius 2 is 1.32 bits per heavy atom. The van der Waals surface area contributed by atoms with Crippen LogP contribution in [0.2, 0.25) is 0 Å². The molecule has 2 N–H and O–H groups in total. The third-order valence-electron chi connectivity index (χ3n) is 4.09. The smallest absolute Gasteiger partial charge is 0.153 e. The van der Waals surface area contributed by atoms with Gasteiger partial charge in [-0.25, -0.2) is 0 Å². The zero-order chi connectivity index (χ0) is 16.6. The lowest BCUT2D eigenvalue weighted by atomic mass is 10.1. The first-order valence-electron chi connectivity index (χ1n) is 9.30. The Kier molecular flexibility index (Phi) is 15.6. The number of unbranched alkanes of at least 4 members (excludes halogenated alkanes) is 9. The number of hydrogen-bond donors (Lipinski definition) is 2. The van der Waals surface area contributed by atoms with Gasteiger partial charge >= 0.3 is 0 Å². The van der Waals surface area contributed by atoms with E-state index < -0.39 is 6.29 Å². The first-order chi connectivity index (χ1) is 10.6. The molecule has 0 aliphatic heterocycles. The fourth-order valence-electron chi connectivity index (χ4n) is 2.78. The average Bonchev–Trinajstić information content (AvgIpc) is 2.47. The van der Waals surface area contributed by atoms with Crippen molar-refractivity contribution in [3.8, 4) is 0 Å². The van der Waals surface area contributed by atoms with Crippen LogP contribution in [-0.2, 0) is 4.74 Å². The molecule has 0 aromatic heterocycles. The van der Waals surface area contributed by atoms with Crippen molar-refractivity contribution >= 4 is 0 Å². The lowest BCUT2D eigenvalue weighted by molar-refractivity contribution is -0.167.